The quantitative estimate of drug-likeness (QED) is 0.924. The molecule has 1 fully saturated rings. The fourth-order valence-corrected chi connectivity index (χ4v) is 4.04. The third-order valence-corrected chi connectivity index (χ3v) is 5.42. The van der Waals surface area contributed by atoms with E-state index in [0.29, 0.717) is 5.92 Å². The number of aryl methyl sites for hydroxylation is 1. The van der Waals surface area contributed by atoms with Crippen molar-refractivity contribution in [3.8, 4) is 0 Å². The maximum Gasteiger partial charge on any atom is 0.185 e. The maximum atomic E-state index is 10.0. The second-order valence-electron chi connectivity index (χ2n) is 5.65. The van der Waals surface area contributed by atoms with Gasteiger partial charge in [-0.15, -0.1) is 0 Å². The van der Waals surface area contributed by atoms with E-state index in [2.05, 4.69) is 11.9 Å². The lowest BCUT2D eigenvalue weighted by molar-refractivity contribution is 0.0685. The average Bonchev–Trinajstić information content (AvgIpc) is 2.85. The molecule has 0 spiro atoms. The minimum absolute atomic E-state index is 0.286. The van der Waals surface area contributed by atoms with Gasteiger partial charge in [-0.1, -0.05) is 11.3 Å². The highest BCUT2D eigenvalue weighted by Crippen LogP contribution is 2.37. The summed E-state index contributed by atoms with van der Waals surface area (Å²) in [5.41, 5.74) is 1.12. The van der Waals surface area contributed by atoms with Crippen LogP contribution in [0, 0.1) is 5.92 Å². The van der Waals surface area contributed by atoms with Crippen LogP contribution in [0.3, 0.4) is 0 Å². The number of nitrogens with zero attached hydrogens (tertiary/aromatic N) is 2. The van der Waals surface area contributed by atoms with Gasteiger partial charge >= 0.3 is 0 Å². The molecule has 1 aromatic rings. The van der Waals surface area contributed by atoms with Crippen LogP contribution >= 0.6 is 11.3 Å². The first-order valence-corrected chi connectivity index (χ1v) is 8.02. The second kappa shape index (κ2) is 5.77. The molecule has 106 valence electrons. The molecule has 0 saturated carbocycles. The summed E-state index contributed by atoms with van der Waals surface area (Å²) < 4.78 is 5.40. The highest BCUT2D eigenvalue weighted by Gasteiger charge is 2.24. The maximum absolute atomic E-state index is 10.0. The van der Waals surface area contributed by atoms with E-state index in [1.165, 1.54) is 0 Å². The van der Waals surface area contributed by atoms with E-state index >= 15 is 0 Å². The molecular formula is C14H22N2O2S. The van der Waals surface area contributed by atoms with Gasteiger partial charge in [0.25, 0.3) is 0 Å². The van der Waals surface area contributed by atoms with Crippen molar-refractivity contribution in [2.45, 2.75) is 38.2 Å². The van der Waals surface area contributed by atoms with E-state index in [4.69, 9.17) is 9.72 Å². The second-order valence-corrected chi connectivity index (χ2v) is 6.66. The van der Waals surface area contributed by atoms with Crippen molar-refractivity contribution in [2.75, 3.05) is 31.7 Å². The van der Waals surface area contributed by atoms with Crippen LogP contribution in [0.15, 0.2) is 0 Å². The molecule has 0 bridgehead atoms. The first-order valence-electron chi connectivity index (χ1n) is 7.20. The molecule has 0 radical (unpaired) electrons. The van der Waals surface area contributed by atoms with Crippen LogP contribution in [0.1, 0.15) is 42.4 Å². The first kappa shape index (κ1) is 13.3. The predicted molar refractivity (Wildman–Crippen MR) is 76.8 cm³/mol. The standard InChI is InChI=1S/C14H22N2O2S/c1-16(9-10-5-7-18-8-6-10)14-15-11-3-2-4-12(17)13(11)19-14/h10,12,17H,2-9H2,1H3. The lowest BCUT2D eigenvalue weighted by Gasteiger charge is -2.26. The van der Waals surface area contributed by atoms with Gasteiger partial charge in [-0.05, 0) is 38.0 Å². The summed E-state index contributed by atoms with van der Waals surface area (Å²) in [5.74, 6) is 0.713. The predicted octanol–water partition coefficient (Wildman–Crippen LogP) is 2.38. The molecule has 1 aromatic heterocycles. The summed E-state index contributed by atoms with van der Waals surface area (Å²) in [4.78, 5) is 8.07. The lowest BCUT2D eigenvalue weighted by Crippen LogP contribution is -2.29. The van der Waals surface area contributed by atoms with E-state index in [0.717, 1.165) is 67.6 Å². The number of hydrogen-bond donors (Lipinski definition) is 1. The molecule has 2 aliphatic rings. The highest BCUT2D eigenvalue weighted by atomic mass is 32.1. The van der Waals surface area contributed by atoms with Gasteiger partial charge in [-0.25, -0.2) is 4.98 Å². The number of ether oxygens (including phenoxy) is 1. The molecule has 1 saturated heterocycles. The average molecular weight is 282 g/mol. The number of fused-ring (bicyclic) bond motifs is 1. The van der Waals surface area contributed by atoms with Gasteiger partial charge in [-0.3, -0.25) is 0 Å². The first-order chi connectivity index (χ1) is 9.24. The van der Waals surface area contributed by atoms with E-state index in [-0.39, 0.29) is 6.10 Å². The van der Waals surface area contributed by atoms with Crippen LogP contribution in [0.2, 0.25) is 0 Å². The topological polar surface area (TPSA) is 45.6 Å². The number of anilines is 1. The molecule has 1 N–H and O–H groups in total. The van der Waals surface area contributed by atoms with Crippen LogP contribution in [0.4, 0.5) is 5.13 Å². The fourth-order valence-electron chi connectivity index (χ4n) is 2.94. The van der Waals surface area contributed by atoms with Crippen LogP contribution in [0.25, 0.3) is 0 Å². The van der Waals surface area contributed by atoms with Crippen molar-refractivity contribution in [3.05, 3.63) is 10.6 Å². The zero-order chi connectivity index (χ0) is 13.2. The van der Waals surface area contributed by atoms with Crippen LogP contribution < -0.4 is 4.90 Å². The number of aliphatic hydroxyl groups is 1. The molecule has 2 heterocycles. The Morgan fingerprint density at radius 1 is 1.37 bits per heavy atom. The molecule has 5 heteroatoms. The van der Waals surface area contributed by atoms with Crippen molar-refractivity contribution in [1.82, 2.24) is 4.98 Å². The molecule has 1 unspecified atom stereocenters. The molecule has 3 rings (SSSR count). The number of hydrogen-bond acceptors (Lipinski definition) is 5. The van der Waals surface area contributed by atoms with Gasteiger partial charge < -0.3 is 14.7 Å². The Labute approximate surface area is 118 Å². The summed E-state index contributed by atoms with van der Waals surface area (Å²) in [5, 5.41) is 11.1. The normalized spacial score (nSPS) is 24.2. The SMILES string of the molecule is CN(CC1CCOCC1)c1nc2c(s1)C(O)CCC2. The third-order valence-electron chi connectivity index (χ3n) is 4.11. The van der Waals surface area contributed by atoms with Gasteiger partial charge in [0.1, 0.15) is 0 Å². The largest absolute Gasteiger partial charge is 0.388 e. The summed E-state index contributed by atoms with van der Waals surface area (Å²) in [6.45, 7) is 2.84. The fraction of sp³-hybridized carbons (Fsp3) is 0.786. The molecule has 1 aliphatic heterocycles. The van der Waals surface area contributed by atoms with Crippen molar-refractivity contribution in [1.29, 1.82) is 0 Å². The van der Waals surface area contributed by atoms with Gasteiger partial charge in [0.15, 0.2) is 5.13 Å². The van der Waals surface area contributed by atoms with Gasteiger partial charge in [0, 0.05) is 26.8 Å². The van der Waals surface area contributed by atoms with E-state index in [1.54, 1.807) is 11.3 Å². The Kier molecular flexibility index (Phi) is 4.05. The number of thiazole rings is 1. The lowest BCUT2D eigenvalue weighted by atomic mass is 10.00. The molecular weight excluding hydrogens is 260 g/mol. The highest BCUT2D eigenvalue weighted by molar-refractivity contribution is 7.15. The Balaban J connectivity index is 1.67. The van der Waals surface area contributed by atoms with Gasteiger partial charge in [0.05, 0.1) is 16.7 Å². The monoisotopic (exact) mass is 282 g/mol. The summed E-state index contributed by atoms with van der Waals surface area (Å²) >= 11 is 1.67. The van der Waals surface area contributed by atoms with E-state index in [9.17, 15) is 5.11 Å². The molecule has 0 amide bonds. The van der Waals surface area contributed by atoms with Crippen LogP contribution in [-0.4, -0.2) is 36.9 Å². The number of rotatable bonds is 3. The molecule has 1 atom stereocenters. The van der Waals surface area contributed by atoms with E-state index < -0.39 is 0 Å². The zero-order valence-corrected chi connectivity index (χ0v) is 12.3. The van der Waals surface area contributed by atoms with Gasteiger partial charge in [-0.2, -0.15) is 0 Å². The smallest absolute Gasteiger partial charge is 0.185 e. The molecule has 4 nitrogen and oxygen atoms in total. The molecule has 1 aliphatic carbocycles. The van der Waals surface area contributed by atoms with Crippen LogP contribution in [0.5, 0.6) is 0 Å². The Hall–Kier alpha value is -0.650. The van der Waals surface area contributed by atoms with Crippen LogP contribution in [-0.2, 0) is 11.2 Å². The zero-order valence-electron chi connectivity index (χ0n) is 11.5. The minimum atomic E-state index is -0.286. The van der Waals surface area contributed by atoms with Crippen molar-refractivity contribution in [3.63, 3.8) is 0 Å². The van der Waals surface area contributed by atoms with Crippen molar-refractivity contribution < 1.29 is 9.84 Å². The summed E-state index contributed by atoms with van der Waals surface area (Å²) in [6.07, 6.45) is 4.98. The minimum Gasteiger partial charge on any atom is -0.388 e. The Bertz CT molecular complexity index is 429. The third kappa shape index (κ3) is 2.93. The summed E-state index contributed by atoms with van der Waals surface area (Å²) in [7, 11) is 2.12. The van der Waals surface area contributed by atoms with Crippen molar-refractivity contribution >= 4 is 16.5 Å². The molecule has 19 heavy (non-hydrogen) atoms. The van der Waals surface area contributed by atoms with Gasteiger partial charge in [0.2, 0.25) is 0 Å². The number of aromatic nitrogens is 1. The summed E-state index contributed by atoms with van der Waals surface area (Å²) in [6, 6.07) is 0. The Morgan fingerprint density at radius 2 is 2.16 bits per heavy atom. The van der Waals surface area contributed by atoms with E-state index in [1.807, 2.05) is 0 Å². The Morgan fingerprint density at radius 3 is 2.89 bits per heavy atom. The molecule has 0 aromatic carbocycles. The van der Waals surface area contributed by atoms with Crippen molar-refractivity contribution in [2.24, 2.45) is 5.92 Å². The number of aliphatic hydroxyl groups excluding tert-OH is 1.